The Morgan fingerprint density at radius 1 is 0.958 bits per heavy atom. The summed E-state index contributed by atoms with van der Waals surface area (Å²) in [5, 5.41) is 31.0. The van der Waals surface area contributed by atoms with Crippen molar-refractivity contribution >= 4 is 41.0 Å². The SMILES string of the molecule is C[C@H](/C=C/CCn1cc(C(CO)c2ccccc2)nn1)[C@@]1(O)C(=O)N(Cc2cccc(N(C=O)c3ccccc3)c2)c2ccc(Cl)cc21. The van der Waals surface area contributed by atoms with Crippen LogP contribution in [0.15, 0.2) is 121 Å². The van der Waals surface area contributed by atoms with Crippen LogP contribution in [0.5, 0.6) is 0 Å². The molecule has 1 aliphatic heterocycles. The summed E-state index contributed by atoms with van der Waals surface area (Å²) < 4.78 is 1.72. The zero-order chi connectivity index (χ0) is 33.7. The molecule has 9 nitrogen and oxygen atoms in total. The molecule has 0 spiro atoms. The molecule has 2 heterocycles. The molecule has 0 saturated carbocycles. The van der Waals surface area contributed by atoms with Gasteiger partial charge in [0.25, 0.3) is 5.91 Å². The van der Waals surface area contributed by atoms with Crippen molar-refractivity contribution in [2.75, 3.05) is 16.4 Å². The average molecular weight is 662 g/mol. The van der Waals surface area contributed by atoms with Crippen molar-refractivity contribution in [2.24, 2.45) is 5.92 Å². The number of hydrogen-bond donors (Lipinski definition) is 2. The van der Waals surface area contributed by atoms with Crippen LogP contribution in [0.25, 0.3) is 0 Å². The fourth-order valence-corrected chi connectivity index (χ4v) is 6.38. The van der Waals surface area contributed by atoms with Crippen LogP contribution >= 0.6 is 11.6 Å². The molecule has 3 atom stereocenters. The van der Waals surface area contributed by atoms with Gasteiger partial charge in [0.2, 0.25) is 6.41 Å². The number of allylic oxidation sites excluding steroid dienone is 1. The fourth-order valence-electron chi connectivity index (χ4n) is 6.21. The zero-order valence-electron chi connectivity index (χ0n) is 26.4. The van der Waals surface area contributed by atoms with Crippen LogP contribution in [0, 0.1) is 5.92 Å². The molecule has 5 aromatic rings. The first-order valence-corrected chi connectivity index (χ1v) is 16.2. The first-order chi connectivity index (χ1) is 23.3. The third kappa shape index (κ3) is 6.53. The molecule has 0 radical (unpaired) electrons. The normalized spacial score (nSPS) is 17.0. The highest BCUT2D eigenvalue weighted by atomic mass is 35.5. The van der Waals surface area contributed by atoms with Crippen molar-refractivity contribution in [1.82, 2.24) is 15.0 Å². The number of carbonyl (C=O) groups excluding carboxylic acids is 2. The van der Waals surface area contributed by atoms with Crippen LogP contribution in [0.1, 0.15) is 41.6 Å². The number of aliphatic hydroxyl groups excluding tert-OH is 1. The topological polar surface area (TPSA) is 112 Å². The summed E-state index contributed by atoms with van der Waals surface area (Å²) in [6.07, 6.45) is 6.94. The molecule has 2 amide bonds. The fraction of sp³-hybridized carbons (Fsp3) is 0.211. The number of rotatable bonds is 13. The highest BCUT2D eigenvalue weighted by Gasteiger charge is 2.52. The predicted molar refractivity (Wildman–Crippen MR) is 186 cm³/mol. The van der Waals surface area contributed by atoms with E-state index in [4.69, 9.17) is 11.6 Å². The van der Waals surface area contributed by atoms with Gasteiger partial charge in [-0.15, -0.1) is 5.10 Å². The first kappa shape index (κ1) is 32.8. The number of nitrogens with zero attached hydrogens (tertiary/aromatic N) is 5. The number of para-hydroxylation sites is 1. The van der Waals surface area contributed by atoms with Crippen molar-refractivity contribution < 1.29 is 19.8 Å². The van der Waals surface area contributed by atoms with Gasteiger partial charge in [-0.25, -0.2) is 0 Å². The quantitative estimate of drug-likeness (QED) is 0.112. The van der Waals surface area contributed by atoms with Gasteiger partial charge in [0, 0.05) is 40.6 Å². The second-order valence-electron chi connectivity index (χ2n) is 11.9. The van der Waals surface area contributed by atoms with E-state index in [-0.39, 0.29) is 19.1 Å². The lowest BCUT2D eigenvalue weighted by atomic mass is 9.83. The van der Waals surface area contributed by atoms with Crippen LogP contribution in [-0.2, 0) is 28.3 Å². The molecule has 2 N–H and O–H groups in total. The number of halogens is 1. The average Bonchev–Trinajstić information content (AvgIpc) is 3.66. The molecule has 1 aromatic heterocycles. The maximum atomic E-state index is 14.1. The van der Waals surface area contributed by atoms with Gasteiger partial charge in [0.1, 0.15) is 0 Å². The van der Waals surface area contributed by atoms with Crippen LogP contribution in [0.2, 0.25) is 5.02 Å². The lowest BCUT2D eigenvalue weighted by Crippen LogP contribution is -2.44. The van der Waals surface area contributed by atoms with Gasteiger partial charge in [-0.3, -0.25) is 19.2 Å². The summed E-state index contributed by atoms with van der Waals surface area (Å²) >= 11 is 6.38. The Morgan fingerprint density at radius 2 is 1.69 bits per heavy atom. The number of amides is 2. The number of aryl methyl sites for hydroxylation is 1. The van der Waals surface area contributed by atoms with Crippen molar-refractivity contribution in [3.63, 3.8) is 0 Å². The highest BCUT2D eigenvalue weighted by molar-refractivity contribution is 6.31. The van der Waals surface area contributed by atoms with Crippen molar-refractivity contribution in [3.05, 3.63) is 149 Å². The van der Waals surface area contributed by atoms with E-state index >= 15 is 0 Å². The minimum atomic E-state index is -1.84. The molecular formula is C38H36ClN5O4. The first-order valence-electron chi connectivity index (χ1n) is 15.8. The monoisotopic (exact) mass is 661 g/mol. The number of anilines is 3. The summed E-state index contributed by atoms with van der Waals surface area (Å²) in [6, 6.07) is 31.5. The second kappa shape index (κ2) is 14.4. The number of aromatic nitrogens is 3. The Labute approximate surface area is 284 Å². The highest BCUT2D eigenvalue weighted by Crippen LogP contribution is 2.47. The molecule has 0 saturated heterocycles. The summed E-state index contributed by atoms with van der Waals surface area (Å²) in [5.74, 6) is -1.29. The number of hydrogen-bond acceptors (Lipinski definition) is 6. The minimum Gasteiger partial charge on any atom is -0.395 e. The van der Waals surface area contributed by atoms with E-state index in [0.717, 1.165) is 23.2 Å². The molecule has 0 fully saturated rings. The molecule has 4 aromatic carbocycles. The van der Waals surface area contributed by atoms with Gasteiger partial charge in [-0.05, 0) is 60.0 Å². The maximum Gasteiger partial charge on any atom is 0.264 e. The third-order valence-corrected chi connectivity index (χ3v) is 9.04. The summed E-state index contributed by atoms with van der Waals surface area (Å²) in [7, 11) is 0. The van der Waals surface area contributed by atoms with Crippen molar-refractivity contribution in [2.45, 2.75) is 38.0 Å². The molecule has 10 heteroatoms. The van der Waals surface area contributed by atoms with Gasteiger partial charge >= 0.3 is 0 Å². The van der Waals surface area contributed by atoms with Gasteiger partial charge in [0.15, 0.2) is 5.60 Å². The molecule has 6 rings (SSSR count). The third-order valence-electron chi connectivity index (χ3n) is 8.81. The zero-order valence-corrected chi connectivity index (χ0v) is 27.2. The number of carbonyl (C=O) groups is 2. The lowest BCUT2D eigenvalue weighted by Gasteiger charge is -2.28. The van der Waals surface area contributed by atoms with Crippen LogP contribution in [-0.4, -0.2) is 44.1 Å². The smallest absolute Gasteiger partial charge is 0.264 e. The summed E-state index contributed by atoms with van der Waals surface area (Å²) in [6.45, 7) is 2.45. The van der Waals surface area contributed by atoms with Crippen LogP contribution in [0.4, 0.5) is 17.1 Å². The minimum absolute atomic E-state index is 0.0778. The predicted octanol–water partition coefficient (Wildman–Crippen LogP) is 6.37. The van der Waals surface area contributed by atoms with Crippen molar-refractivity contribution in [3.8, 4) is 0 Å². The van der Waals surface area contributed by atoms with Gasteiger partial charge < -0.3 is 15.1 Å². The Kier molecular flexibility index (Phi) is 9.82. The molecule has 1 aliphatic rings. The number of aliphatic hydroxyl groups is 2. The van der Waals surface area contributed by atoms with E-state index in [1.807, 2.05) is 110 Å². The lowest BCUT2D eigenvalue weighted by molar-refractivity contribution is -0.139. The molecular weight excluding hydrogens is 626 g/mol. The molecule has 48 heavy (non-hydrogen) atoms. The summed E-state index contributed by atoms with van der Waals surface area (Å²) in [5.41, 5.74) is 3.02. The molecule has 0 aliphatic carbocycles. The Balaban J connectivity index is 1.17. The van der Waals surface area contributed by atoms with E-state index in [0.29, 0.717) is 40.6 Å². The largest absolute Gasteiger partial charge is 0.395 e. The maximum absolute atomic E-state index is 14.1. The van der Waals surface area contributed by atoms with Crippen molar-refractivity contribution in [1.29, 1.82) is 0 Å². The van der Waals surface area contributed by atoms with E-state index < -0.39 is 17.4 Å². The van der Waals surface area contributed by atoms with Crippen LogP contribution in [0.3, 0.4) is 0 Å². The van der Waals surface area contributed by atoms with Gasteiger partial charge in [0.05, 0.1) is 30.5 Å². The molecule has 1 unspecified atom stereocenters. The van der Waals surface area contributed by atoms with E-state index in [1.165, 1.54) is 0 Å². The molecule has 0 bridgehead atoms. The van der Waals surface area contributed by atoms with Gasteiger partial charge in [-0.2, -0.15) is 0 Å². The Hall–Kier alpha value is -5.09. The second-order valence-corrected chi connectivity index (χ2v) is 12.3. The number of fused-ring (bicyclic) bond motifs is 1. The van der Waals surface area contributed by atoms with E-state index in [9.17, 15) is 19.8 Å². The van der Waals surface area contributed by atoms with Gasteiger partial charge in [-0.1, -0.05) is 96.6 Å². The standard InChI is InChI=1S/C38H36ClN5O4/c1-27(11-8-9-20-42-24-35(40-41-42)33(25-45)29-13-4-2-5-14-29)38(48)34-22-30(39)18-19-36(34)43(37(38)47)23-28-12-10-17-32(21-28)44(26-46)31-15-6-3-7-16-31/h2-8,10-19,21-22,24,26-27,33,45,48H,9,20,23,25H2,1H3/b11-8+/t27-,33?,38+/m1/s1. The summed E-state index contributed by atoms with van der Waals surface area (Å²) in [4.78, 5) is 29.3. The van der Waals surface area contributed by atoms with E-state index in [1.54, 1.807) is 32.7 Å². The number of benzene rings is 4. The Bertz CT molecular complexity index is 1920. The Morgan fingerprint density at radius 3 is 2.42 bits per heavy atom. The van der Waals surface area contributed by atoms with Crippen LogP contribution < -0.4 is 9.80 Å². The van der Waals surface area contributed by atoms with E-state index in [2.05, 4.69) is 10.3 Å². The molecule has 244 valence electrons.